The zero-order valence-electron chi connectivity index (χ0n) is 9.97. The Morgan fingerprint density at radius 3 is 2.59 bits per heavy atom. The van der Waals surface area contributed by atoms with Crippen molar-refractivity contribution in [1.29, 1.82) is 0 Å². The van der Waals surface area contributed by atoms with Gasteiger partial charge in [0.15, 0.2) is 11.6 Å². The third kappa shape index (κ3) is 1.57. The largest absolute Gasteiger partial charge is 0.354 e. The van der Waals surface area contributed by atoms with Crippen LogP contribution in [0.3, 0.4) is 0 Å². The van der Waals surface area contributed by atoms with Crippen molar-refractivity contribution in [3.8, 4) is 0 Å². The van der Waals surface area contributed by atoms with Crippen LogP contribution in [0.1, 0.15) is 20.8 Å². The summed E-state index contributed by atoms with van der Waals surface area (Å²) < 4.78 is 27.1. The number of carbonyl (C=O) groups is 1. The van der Waals surface area contributed by atoms with E-state index in [9.17, 15) is 13.6 Å². The van der Waals surface area contributed by atoms with E-state index in [0.717, 1.165) is 6.07 Å². The van der Waals surface area contributed by atoms with Crippen molar-refractivity contribution in [3.63, 3.8) is 0 Å². The maximum absolute atomic E-state index is 13.8. The Morgan fingerprint density at radius 1 is 1.35 bits per heavy atom. The van der Waals surface area contributed by atoms with Gasteiger partial charge in [-0.05, 0) is 32.9 Å². The monoisotopic (exact) mass is 240 g/mol. The SMILES string of the molecule is CCN1c2c(ccc(F)c2F)NC(=O)C1(C)C. The van der Waals surface area contributed by atoms with Gasteiger partial charge in [0.25, 0.3) is 0 Å². The maximum atomic E-state index is 13.8. The number of hydrogen-bond acceptors (Lipinski definition) is 2. The molecule has 5 heteroatoms. The number of rotatable bonds is 1. The Morgan fingerprint density at radius 2 is 2.00 bits per heavy atom. The van der Waals surface area contributed by atoms with Crippen molar-refractivity contribution in [3.05, 3.63) is 23.8 Å². The molecule has 0 atom stereocenters. The standard InChI is InChI=1S/C12H14F2N2O/c1-4-16-10-8(6-5-7(13)9(10)14)15-11(17)12(16,2)3/h5-6H,4H2,1-3H3,(H,15,17). The molecule has 2 rings (SSSR count). The fourth-order valence-electron chi connectivity index (χ4n) is 2.14. The lowest BCUT2D eigenvalue weighted by Crippen LogP contribution is -2.56. The summed E-state index contributed by atoms with van der Waals surface area (Å²) in [7, 11) is 0. The third-order valence-corrected chi connectivity index (χ3v) is 3.13. The van der Waals surface area contributed by atoms with Gasteiger partial charge in [-0.15, -0.1) is 0 Å². The molecule has 1 heterocycles. The van der Waals surface area contributed by atoms with Crippen LogP contribution in [-0.4, -0.2) is 18.0 Å². The number of halogens is 2. The van der Waals surface area contributed by atoms with Crippen LogP contribution in [0.4, 0.5) is 20.2 Å². The summed E-state index contributed by atoms with van der Waals surface area (Å²) in [4.78, 5) is 13.4. The van der Waals surface area contributed by atoms with Crippen LogP contribution in [0.5, 0.6) is 0 Å². The number of amides is 1. The number of carbonyl (C=O) groups excluding carboxylic acids is 1. The molecule has 0 fully saturated rings. The van der Waals surface area contributed by atoms with E-state index in [1.165, 1.54) is 6.07 Å². The lowest BCUT2D eigenvalue weighted by atomic mass is 9.96. The first kappa shape index (κ1) is 11.8. The van der Waals surface area contributed by atoms with E-state index in [-0.39, 0.29) is 11.6 Å². The Hall–Kier alpha value is -1.65. The lowest BCUT2D eigenvalue weighted by molar-refractivity contribution is -0.120. The number of nitrogens with one attached hydrogen (secondary N) is 1. The summed E-state index contributed by atoms with van der Waals surface area (Å²) in [5.74, 6) is -2.05. The molecule has 0 radical (unpaired) electrons. The average molecular weight is 240 g/mol. The zero-order valence-corrected chi connectivity index (χ0v) is 9.97. The quantitative estimate of drug-likeness (QED) is 0.818. The van der Waals surface area contributed by atoms with Crippen molar-refractivity contribution < 1.29 is 13.6 Å². The summed E-state index contributed by atoms with van der Waals surface area (Å²) in [5, 5.41) is 2.60. The Bertz CT molecular complexity index is 486. The summed E-state index contributed by atoms with van der Waals surface area (Å²) >= 11 is 0. The van der Waals surface area contributed by atoms with Gasteiger partial charge in [-0.1, -0.05) is 0 Å². The minimum Gasteiger partial charge on any atom is -0.354 e. The predicted molar refractivity (Wildman–Crippen MR) is 62.1 cm³/mol. The maximum Gasteiger partial charge on any atom is 0.249 e. The molecule has 0 spiro atoms. The highest BCUT2D eigenvalue weighted by molar-refractivity contribution is 6.06. The molecule has 1 aliphatic rings. The molecule has 0 bridgehead atoms. The molecule has 1 aliphatic heterocycles. The van der Waals surface area contributed by atoms with Crippen molar-refractivity contribution in [1.82, 2.24) is 0 Å². The van der Waals surface area contributed by atoms with Gasteiger partial charge in [-0.25, -0.2) is 8.78 Å². The second-order valence-electron chi connectivity index (χ2n) is 4.51. The fraction of sp³-hybridized carbons (Fsp3) is 0.417. The molecule has 0 saturated carbocycles. The number of anilines is 2. The van der Waals surface area contributed by atoms with Gasteiger partial charge in [0.1, 0.15) is 11.2 Å². The lowest BCUT2D eigenvalue weighted by Gasteiger charge is -2.43. The van der Waals surface area contributed by atoms with Crippen LogP contribution in [0, 0.1) is 11.6 Å². The molecule has 1 amide bonds. The number of likely N-dealkylation sites (N-methyl/N-ethyl adjacent to an activating group) is 1. The highest BCUT2D eigenvalue weighted by atomic mass is 19.2. The molecule has 0 aromatic heterocycles. The van der Waals surface area contributed by atoms with Crippen LogP contribution >= 0.6 is 0 Å². The van der Waals surface area contributed by atoms with Gasteiger partial charge < -0.3 is 10.2 Å². The van der Waals surface area contributed by atoms with Crippen molar-refractivity contribution >= 4 is 17.3 Å². The summed E-state index contributed by atoms with van der Waals surface area (Å²) in [6, 6.07) is 2.39. The Kier molecular flexibility index (Phi) is 2.56. The van der Waals surface area contributed by atoms with Gasteiger partial charge >= 0.3 is 0 Å². The van der Waals surface area contributed by atoms with Crippen LogP contribution in [0.15, 0.2) is 12.1 Å². The van der Waals surface area contributed by atoms with Gasteiger partial charge in [0, 0.05) is 6.54 Å². The normalized spacial score (nSPS) is 17.7. The topological polar surface area (TPSA) is 32.3 Å². The highest BCUT2D eigenvalue weighted by Gasteiger charge is 2.41. The first-order chi connectivity index (χ1) is 7.89. The molecular weight excluding hydrogens is 226 g/mol. The van der Waals surface area contributed by atoms with Crippen LogP contribution in [0.25, 0.3) is 0 Å². The van der Waals surface area contributed by atoms with Crippen LogP contribution < -0.4 is 10.2 Å². The molecule has 0 aliphatic carbocycles. The fourth-order valence-corrected chi connectivity index (χ4v) is 2.14. The first-order valence-electron chi connectivity index (χ1n) is 5.46. The summed E-state index contributed by atoms with van der Waals surface area (Å²) in [6.45, 7) is 5.58. The molecule has 1 N–H and O–H groups in total. The van der Waals surface area contributed by atoms with E-state index in [1.807, 2.05) is 0 Å². The van der Waals surface area contributed by atoms with Crippen LogP contribution in [-0.2, 0) is 4.79 Å². The summed E-state index contributed by atoms with van der Waals surface area (Å²) in [5.41, 5.74) is -0.455. The summed E-state index contributed by atoms with van der Waals surface area (Å²) in [6.07, 6.45) is 0. The van der Waals surface area contributed by atoms with E-state index in [1.54, 1.807) is 25.7 Å². The minimum absolute atomic E-state index is 0.122. The molecule has 17 heavy (non-hydrogen) atoms. The van der Waals surface area contributed by atoms with Crippen molar-refractivity contribution in [2.24, 2.45) is 0 Å². The molecule has 0 saturated heterocycles. The first-order valence-corrected chi connectivity index (χ1v) is 5.46. The number of nitrogens with zero attached hydrogens (tertiary/aromatic N) is 1. The Balaban J connectivity index is 2.67. The van der Waals surface area contributed by atoms with Crippen molar-refractivity contribution in [2.45, 2.75) is 26.3 Å². The van der Waals surface area contributed by atoms with Gasteiger partial charge in [-0.2, -0.15) is 0 Å². The van der Waals surface area contributed by atoms with Gasteiger partial charge in [0.2, 0.25) is 5.91 Å². The van der Waals surface area contributed by atoms with E-state index in [2.05, 4.69) is 5.32 Å². The van der Waals surface area contributed by atoms with Crippen LogP contribution in [0.2, 0.25) is 0 Å². The smallest absolute Gasteiger partial charge is 0.249 e. The third-order valence-electron chi connectivity index (χ3n) is 3.13. The molecule has 92 valence electrons. The second-order valence-corrected chi connectivity index (χ2v) is 4.51. The van der Waals surface area contributed by atoms with Gasteiger partial charge in [0.05, 0.1) is 5.69 Å². The second kappa shape index (κ2) is 3.68. The molecule has 1 aromatic carbocycles. The predicted octanol–water partition coefficient (Wildman–Crippen LogP) is 2.52. The number of fused-ring (bicyclic) bond motifs is 1. The molecule has 1 aromatic rings. The number of hydrogen-bond donors (Lipinski definition) is 1. The zero-order chi connectivity index (χ0) is 12.8. The number of benzene rings is 1. The molecular formula is C12H14F2N2O. The van der Waals surface area contributed by atoms with Gasteiger partial charge in [-0.3, -0.25) is 4.79 Å². The molecule has 3 nitrogen and oxygen atoms in total. The Labute approximate surface area is 98.4 Å². The van der Waals surface area contributed by atoms with E-state index in [4.69, 9.17) is 0 Å². The van der Waals surface area contributed by atoms with E-state index >= 15 is 0 Å². The molecule has 0 unspecified atom stereocenters. The average Bonchev–Trinajstić information content (AvgIpc) is 2.26. The van der Waals surface area contributed by atoms with E-state index < -0.39 is 17.2 Å². The highest BCUT2D eigenvalue weighted by Crippen LogP contribution is 2.39. The minimum atomic E-state index is -0.919. The van der Waals surface area contributed by atoms with Crippen molar-refractivity contribution in [2.75, 3.05) is 16.8 Å². The van der Waals surface area contributed by atoms with E-state index in [0.29, 0.717) is 12.2 Å².